The molecule has 1 aromatic carbocycles. The van der Waals surface area contributed by atoms with Crippen LogP contribution in [0.25, 0.3) is 0 Å². The Morgan fingerprint density at radius 2 is 1.95 bits per heavy atom. The second kappa shape index (κ2) is 10.6. The zero-order valence-corrected chi connectivity index (χ0v) is 12.3. The third-order valence-corrected chi connectivity index (χ3v) is 2.91. The Morgan fingerprint density at radius 3 is 2.63 bits per heavy atom. The highest BCUT2D eigenvalue weighted by atomic mass is 79.9. The predicted octanol–water partition coefficient (Wildman–Crippen LogP) is 3.18. The molecule has 5 heteroatoms. The molecule has 0 aromatic heterocycles. The summed E-state index contributed by atoms with van der Waals surface area (Å²) in [6.45, 7) is 0.717. The van der Waals surface area contributed by atoms with Gasteiger partial charge in [0, 0.05) is 5.33 Å². The lowest BCUT2D eigenvalue weighted by Crippen LogP contribution is -1.97. The lowest BCUT2D eigenvalue weighted by atomic mass is 10.2. The molecule has 0 aliphatic rings. The molecule has 0 radical (unpaired) electrons. The van der Waals surface area contributed by atoms with Gasteiger partial charge in [0.15, 0.2) is 12.9 Å². The smallest absolute Gasteiger partial charge is 0.172 e. The number of carbonyl (C=O) groups excluding carboxylic acids is 1. The first-order valence-corrected chi connectivity index (χ1v) is 7.36. The number of benzene rings is 1. The number of hydrogen-bond donors (Lipinski definition) is 0. The van der Waals surface area contributed by atoms with Crippen LogP contribution in [0.15, 0.2) is 29.4 Å². The van der Waals surface area contributed by atoms with Crippen LogP contribution in [0.3, 0.4) is 0 Å². The van der Waals surface area contributed by atoms with Gasteiger partial charge < -0.3 is 9.57 Å². The van der Waals surface area contributed by atoms with Crippen LogP contribution in [0.5, 0.6) is 5.75 Å². The summed E-state index contributed by atoms with van der Waals surface area (Å²) in [5.41, 5.74) is 0.900. The first kappa shape index (κ1) is 15.7. The Morgan fingerprint density at radius 1 is 1.16 bits per heavy atom. The largest absolute Gasteiger partial charge is 0.494 e. The van der Waals surface area contributed by atoms with Crippen molar-refractivity contribution in [2.75, 3.05) is 18.5 Å². The average Bonchev–Trinajstić information content (AvgIpc) is 2.45. The number of halogens is 1. The van der Waals surface area contributed by atoms with Crippen LogP contribution in [0.2, 0.25) is 0 Å². The molecule has 4 nitrogen and oxygen atoms in total. The molecule has 0 spiro atoms. The van der Waals surface area contributed by atoms with Crippen molar-refractivity contribution in [2.24, 2.45) is 5.16 Å². The van der Waals surface area contributed by atoms with Gasteiger partial charge in [-0.15, -0.1) is 0 Å². The molecule has 0 saturated heterocycles. The Bertz CT molecular complexity index is 379. The number of hydrogen-bond acceptors (Lipinski definition) is 4. The Hall–Kier alpha value is -1.36. The van der Waals surface area contributed by atoms with Gasteiger partial charge in [0.25, 0.3) is 0 Å². The summed E-state index contributed by atoms with van der Waals surface area (Å²) in [5.74, 6) is 0.852. The molecule has 1 aromatic rings. The van der Waals surface area contributed by atoms with E-state index < -0.39 is 0 Å². The molecule has 0 unspecified atom stereocenters. The average molecular weight is 328 g/mol. The Balaban J connectivity index is 2.27. The second-order valence-corrected chi connectivity index (χ2v) is 4.66. The van der Waals surface area contributed by atoms with Crippen molar-refractivity contribution in [2.45, 2.75) is 19.3 Å². The summed E-state index contributed by atoms with van der Waals surface area (Å²) < 4.78 is 5.61. The Labute approximate surface area is 121 Å². The van der Waals surface area contributed by atoms with Gasteiger partial charge >= 0.3 is 0 Å². The minimum absolute atomic E-state index is 0.0217. The van der Waals surface area contributed by atoms with Gasteiger partial charge in [0.2, 0.25) is 0 Å². The molecule has 0 N–H and O–H groups in total. The minimum atomic E-state index is -0.0217. The maximum absolute atomic E-state index is 10.0. The highest BCUT2D eigenvalue weighted by Crippen LogP contribution is 2.12. The monoisotopic (exact) mass is 327 g/mol. The minimum Gasteiger partial charge on any atom is -0.494 e. The van der Waals surface area contributed by atoms with E-state index in [1.54, 1.807) is 6.21 Å². The van der Waals surface area contributed by atoms with E-state index in [-0.39, 0.29) is 6.61 Å². The van der Waals surface area contributed by atoms with Crippen LogP contribution >= 0.6 is 15.9 Å². The molecule has 0 amide bonds. The summed E-state index contributed by atoms with van der Waals surface area (Å²) in [6.07, 6.45) is 5.63. The van der Waals surface area contributed by atoms with E-state index in [2.05, 4.69) is 25.9 Å². The first-order chi connectivity index (χ1) is 9.36. The van der Waals surface area contributed by atoms with E-state index in [4.69, 9.17) is 4.74 Å². The molecular formula is C14H18BrNO3. The van der Waals surface area contributed by atoms with E-state index in [0.717, 1.165) is 29.7 Å². The molecule has 0 fully saturated rings. The number of carbonyl (C=O) groups is 1. The number of oxime groups is 1. The molecule has 1 rings (SSSR count). The normalized spacial score (nSPS) is 10.6. The van der Waals surface area contributed by atoms with Crippen LogP contribution in [-0.2, 0) is 9.63 Å². The highest BCUT2D eigenvalue weighted by Gasteiger charge is 1.94. The van der Waals surface area contributed by atoms with Gasteiger partial charge in [-0.05, 0) is 49.1 Å². The molecule has 0 aliphatic heterocycles. The van der Waals surface area contributed by atoms with Crippen LogP contribution in [-0.4, -0.2) is 31.0 Å². The summed E-state index contributed by atoms with van der Waals surface area (Å²) in [4.78, 5) is 14.7. The number of nitrogens with zero attached hydrogens (tertiary/aromatic N) is 1. The van der Waals surface area contributed by atoms with Crippen molar-refractivity contribution in [3.05, 3.63) is 29.8 Å². The molecule has 0 bridgehead atoms. The number of ether oxygens (including phenoxy) is 1. The summed E-state index contributed by atoms with van der Waals surface area (Å²) >= 11 is 3.40. The van der Waals surface area contributed by atoms with Gasteiger partial charge in [-0.3, -0.25) is 4.79 Å². The summed E-state index contributed by atoms with van der Waals surface area (Å²) in [7, 11) is 0. The lowest BCUT2D eigenvalue weighted by molar-refractivity contribution is -0.111. The number of alkyl halides is 1. The van der Waals surface area contributed by atoms with Crippen molar-refractivity contribution >= 4 is 28.4 Å². The highest BCUT2D eigenvalue weighted by molar-refractivity contribution is 9.09. The molecule has 0 saturated carbocycles. The maximum Gasteiger partial charge on any atom is 0.172 e. The van der Waals surface area contributed by atoms with Gasteiger partial charge in [0.05, 0.1) is 12.8 Å². The standard InChI is InChI=1S/C14H18BrNO3/c15-8-2-1-3-10-18-14-6-4-13(5-7-14)12-16-19-11-9-17/h4-7,9,12H,1-3,8,10-11H2/b16-12+. The van der Waals surface area contributed by atoms with Gasteiger partial charge in [-0.25, -0.2) is 0 Å². The molecular weight excluding hydrogens is 310 g/mol. The second-order valence-electron chi connectivity index (χ2n) is 3.86. The van der Waals surface area contributed by atoms with Crippen molar-refractivity contribution in [1.82, 2.24) is 0 Å². The molecule has 104 valence electrons. The van der Waals surface area contributed by atoms with E-state index in [1.807, 2.05) is 24.3 Å². The van der Waals surface area contributed by atoms with Crippen LogP contribution in [0.1, 0.15) is 24.8 Å². The molecule has 19 heavy (non-hydrogen) atoms. The van der Waals surface area contributed by atoms with E-state index in [0.29, 0.717) is 6.29 Å². The molecule has 0 heterocycles. The van der Waals surface area contributed by atoms with Gasteiger partial charge in [0.1, 0.15) is 5.75 Å². The SMILES string of the molecule is O=CCO/N=C/c1ccc(OCCCCCBr)cc1. The quantitative estimate of drug-likeness (QED) is 0.218. The topological polar surface area (TPSA) is 47.9 Å². The van der Waals surface area contributed by atoms with Gasteiger partial charge in [-0.2, -0.15) is 0 Å². The number of unbranched alkanes of at least 4 members (excludes halogenated alkanes) is 2. The number of aldehydes is 1. The summed E-state index contributed by atoms with van der Waals surface area (Å²) in [6, 6.07) is 7.57. The number of rotatable bonds is 10. The third-order valence-electron chi connectivity index (χ3n) is 2.35. The van der Waals surface area contributed by atoms with Crippen LogP contribution in [0.4, 0.5) is 0 Å². The molecule has 0 aliphatic carbocycles. The van der Waals surface area contributed by atoms with Gasteiger partial charge in [-0.1, -0.05) is 21.1 Å². The third kappa shape index (κ3) is 7.62. The first-order valence-electron chi connectivity index (χ1n) is 6.24. The zero-order chi connectivity index (χ0) is 13.8. The summed E-state index contributed by atoms with van der Waals surface area (Å²) in [5, 5.41) is 4.70. The van der Waals surface area contributed by atoms with Crippen molar-refractivity contribution in [3.8, 4) is 5.75 Å². The van der Waals surface area contributed by atoms with E-state index in [9.17, 15) is 4.79 Å². The molecule has 0 atom stereocenters. The van der Waals surface area contributed by atoms with Crippen molar-refractivity contribution < 1.29 is 14.4 Å². The fourth-order valence-corrected chi connectivity index (χ4v) is 1.78. The lowest BCUT2D eigenvalue weighted by Gasteiger charge is -2.05. The van der Waals surface area contributed by atoms with E-state index in [1.165, 1.54) is 12.8 Å². The van der Waals surface area contributed by atoms with Crippen LogP contribution in [0, 0.1) is 0 Å². The van der Waals surface area contributed by atoms with Crippen molar-refractivity contribution in [1.29, 1.82) is 0 Å². The fourth-order valence-electron chi connectivity index (χ4n) is 1.39. The van der Waals surface area contributed by atoms with E-state index >= 15 is 0 Å². The maximum atomic E-state index is 10.0. The van der Waals surface area contributed by atoms with Crippen molar-refractivity contribution in [3.63, 3.8) is 0 Å². The zero-order valence-electron chi connectivity index (χ0n) is 10.8. The Kier molecular flexibility index (Phi) is 8.72. The fraction of sp³-hybridized carbons (Fsp3) is 0.429. The van der Waals surface area contributed by atoms with Crippen LogP contribution < -0.4 is 4.74 Å². The predicted molar refractivity (Wildman–Crippen MR) is 79.2 cm³/mol.